The van der Waals surface area contributed by atoms with Crippen LogP contribution in [0.15, 0.2) is 42.5 Å². The summed E-state index contributed by atoms with van der Waals surface area (Å²) in [6.45, 7) is 4.45. The first-order valence-electron chi connectivity index (χ1n) is 7.68. The first kappa shape index (κ1) is 15.2. The molecule has 0 spiro atoms. The van der Waals surface area contributed by atoms with Gasteiger partial charge in [-0.1, -0.05) is 12.1 Å². The molecule has 23 heavy (non-hydrogen) atoms. The summed E-state index contributed by atoms with van der Waals surface area (Å²) in [5, 5.41) is 19.4. The zero-order valence-electron chi connectivity index (χ0n) is 13.1. The Morgan fingerprint density at radius 3 is 2.26 bits per heavy atom. The van der Waals surface area contributed by atoms with E-state index >= 15 is 0 Å². The van der Waals surface area contributed by atoms with Crippen LogP contribution in [0.5, 0.6) is 11.5 Å². The number of para-hydroxylation sites is 1. The number of hydrogen-bond donors (Lipinski definition) is 2. The van der Waals surface area contributed by atoms with Gasteiger partial charge in [-0.05, 0) is 42.8 Å². The lowest BCUT2D eigenvalue weighted by Gasteiger charge is -2.36. The number of carbonyl (C=O) groups is 1. The van der Waals surface area contributed by atoms with E-state index in [2.05, 4.69) is 4.90 Å². The Bertz CT molecular complexity index is 705. The lowest BCUT2D eigenvalue weighted by Crippen LogP contribution is -2.48. The first-order valence-corrected chi connectivity index (χ1v) is 7.68. The van der Waals surface area contributed by atoms with Crippen molar-refractivity contribution < 1.29 is 15.0 Å². The van der Waals surface area contributed by atoms with Crippen molar-refractivity contribution in [3.63, 3.8) is 0 Å². The number of piperazine rings is 1. The molecule has 5 nitrogen and oxygen atoms in total. The molecule has 1 fully saturated rings. The molecule has 1 aliphatic heterocycles. The van der Waals surface area contributed by atoms with Crippen LogP contribution >= 0.6 is 0 Å². The lowest BCUT2D eigenvalue weighted by molar-refractivity contribution is 0.0743. The van der Waals surface area contributed by atoms with Gasteiger partial charge in [-0.25, -0.2) is 0 Å². The highest BCUT2D eigenvalue weighted by atomic mass is 16.3. The second-order valence-electron chi connectivity index (χ2n) is 5.77. The molecule has 1 aliphatic rings. The topological polar surface area (TPSA) is 64.0 Å². The van der Waals surface area contributed by atoms with Crippen molar-refractivity contribution in [2.75, 3.05) is 31.1 Å². The average Bonchev–Trinajstić information content (AvgIpc) is 2.58. The quantitative estimate of drug-likeness (QED) is 0.893. The van der Waals surface area contributed by atoms with Gasteiger partial charge >= 0.3 is 0 Å². The van der Waals surface area contributed by atoms with Crippen molar-refractivity contribution in [2.45, 2.75) is 6.92 Å². The van der Waals surface area contributed by atoms with E-state index in [9.17, 15) is 15.0 Å². The minimum Gasteiger partial charge on any atom is -0.508 e. The molecule has 0 aliphatic carbocycles. The predicted octanol–water partition coefficient (Wildman–Crippen LogP) is 2.37. The van der Waals surface area contributed by atoms with E-state index in [0.29, 0.717) is 24.2 Å². The summed E-state index contributed by atoms with van der Waals surface area (Å²) in [7, 11) is 0. The molecular weight excluding hydrogens is 292 g/mol. The summed E-state index contributed by atoms with van der Waals surface area (Å²) in [4.78, 5) is 16.5. The largest absolute Gasteiger partial charge is 0.508 e. The minimum absolute atomic E-state index is 0.0680. The Hall–Kier alpha value is -2.69. The third kappa shape index (κ3) is 3.08. The van der Waals surface area contributed by atoms with Gasteiger partial charge in [-0.15, -0.1) is 0 Å². The molecule has 2 aromatic rings. The Morgan fingerprint density at radius 1 is 0.957 bits per heavy atom. The van der Waals surface area contributed by atoms with Crippen LogP contribution in [-0.2, 0) is 0 Å². The van der Waals surface area contributed by atoms with E-state index in [1.165, 1.54) is 0 Å². The normalized spacial score (nSPS) is 14.8. The van der Waals surface area contributed by atoms with Gasteiger partial charge in [0.1, 0.15) is 11.5 Å². The van der Waals surface area contributed by atoms with Crippen LogP contribution in [-0.4, -0.2) is 47.2 Å². The fourth-order valence-corrected chi connectivity index (χ4v) is 2.83. The highest BCUT2D eigenvalue weighted by Gasteiger charge is 2.24. The Labute approximate surface area is 135 Å². The van der Waals surface area contributed by atoms with Crippen LogP contribution in [0.25, 0.3) is 0 Å². The van der Waals surface area contributed by atoms with E-state index in [0.717, 1.165) is 18.8 Å². The molecule has 120 valence electrons. The molecule has 1 amide bonds. The van der Waals surface area contributed by atoms with Crippen LogP contribution < -0.4 is 4.90 Å². The molecule has 3 rings (SSSR count). The third-order valence-electron chi connectivity index (χ3n) is 4.25. The first-order chi connectivity index (χ1) is 11.1. The fourth-order valence-electron chi connectivity index (χ4n) is 2.83. The van der Waals surface area contributed by atoms with Crippen molar-refractivity contribution in [1.82, 2.24) is 4.90 Å². The minimum atomic E-state index is -0.128. The van der Waals surface area contributed by atoms with Crippen LogP contribution in [0, 0.1) is 6.92 Å². The van der Waals surface area contributed by atoms with Crippen LogP contribution in [0.4, 0.5) is 5.69 Å². The third-order valence-corrected chi connectivity index (χ3v) is 4.25. The van der Waals surface area contributed by atoms with E-state index in [-0.39, 0.29) is 17.4 Å². The van der Waals surface area contributed by atoms with Crippen molar-refractivity contribution in [1.29, 1.82) is 0 Å². The highest BCUT2D eigenvalue weighted by Crippen LogP contribution is 2.24. The Morgan fingerprint density at radius 2 is 1.61 bits per heavy atom. The second-order valence-corrected chi connectivity index (χ2v) is 5.77. The predicted molar refractivity (Wildman–Crippen MR) is 89.1 cm³/mol. The van der Waals surface area contributed by atoms with Crippen molar-refractivity contribution in [3.8, 4) is 11.5 Å². The number of phenolic OH excluding ortho intramolecular Hbond substituents is 2. The van der Waals surface area contributed by atoms with Gasteiger partial charge in [-0.3, -0.25) is 4.79 Å². The average molecular weight is 312 g/mol. The van der Waals surface area contributed by atoms with E-state index < -0.39 is 0 Å². The number of aromatic hydroxyl groups is 2. The zero-order chi connectivity index (χ0) is 16.4. The maximum Gasteiger partial charge on any atom is 0.257 e. The Balaban J connectivity index is 1.68. The number of benzene rings is 2. The van der Waals surface area contributed by atoms with E-state index in [1.807, 2.05) is 12.1 Å². The number of amides is 1. The standard InChI is InChI=1S/C18H20N2O3/c1-13-3-2-4-16(17(13)22)18(23)20-11-9-19(10-12-20)14-5-7-15(21)8-6-14/h2-8,21-22H,9-12H2,1H3. The molecule has 0 aromatic heterocycles. The number of aryl methyl sites for hydroxylation is 1. The van der Waals surface area contributed by atoms with E-state index in [4.69, 9.17) is 0 Å². The second kappa shape index (κ2) is 6.20. The van der Waals surface area contributed by atoms with Gasteiger partial charge in [0.2, 0.25) is 0 Å². The number of anilines is 1. The molecular formula is C18H20N2O3. The highest BCUT2D eigenvalue weighted by molar-refractivity contribution is 5.97. The molecule has 1 heterocycles. The van der Waals surface area contributed by atoms with Gasteiger partial charge in [0.25, 0.3) is 5.91 Å². The lowest BCUT2D eigenvalue weighted by atomic mass is 10.1. The molecule has 0 bridgehead atoms. The number of hydrogen-bond acceptors (Lipinski definition) is 4. The number of rotatable bonds is 2. The summed E-state index contributed by atoms with van der Waals surface area (Å²) < 4.78 is 0. The summed E-state index contributed by atoms with van der Waals surface area (Å²) in [5.74, 6) is 0.188. The summed E-state index contributed by atoms with van der Waals surface area (Å²) in [6.07, 6.45) is 0. The van der Waals surface area contributed by atoms with Crippen molar-refractivity contribution in [2.24, 2.45) is 0 Å². The molecule has 1 saturated heterocycles. The zero-order valence-corrected chi connectivity index (χ0v) is 13.1. The van der Waals surface area contributed by atoms with Gasteiger partial charge in [-0.2, -0.15) is 0 Å². The molecule has 0 atom stereocenters. The molecule has 2 N–H and O–H groups in total. The SMILES string of the molecule is Cc1cccc(C(=O)N2CCN(c3ccc(O)cc3)CC2)c1O. The monoisotopic (exact) mass is 312 g/mol. The van der Waals surface area contributed by atoms with Crippen LogP contribution in [0.2, 0.25) is 0 Å². The molecule has 0 unspecified atom stereocenters. The molecule has 2 aromatic carbocycles. The number of carbonyl (C=O) groups excluding carboxylic acids is 1. The van der Waals surface area contributed by atoms with Crippen LogP contribution in [0.1, 0.15) is 15.9 Å². The van der Waals surface area contributed by atoms with Gasteiger partial charge < -0.3 is 20.0 Å². The number of phenols is 2. The summed E-state index contributed by atoms with van der Waals surface area (Å²) >= 11 is 0. The van der Waals surface area contributed by atoms with Crippen molar-refractivity contribution >= 4 is 11.6 Å². The molecule has 5 heteroatoms. The fraction of sp³-hybridized carbons (Fsp3) is 0.278. The van der Waals surface area contributed by atoms with E-state index in [1.54, 1.807) is 42.2 Å². The van der Waals surface area contributed by atoms with Gasteiger partial charge in [0.05, 0.1) is 5.56 Å². The van der Waals surface area contributed by atoms with Crippen LogP contribution in [0.3, 0.4) is 0 Å². The summed E-state index contributed by atoms with van der Waals surface area (Å²) in [6, 6.07) is 12.3. The molecule has 0 saturated carbocycles. The molecule has 0 radical (unpaired) electrons. The smallest absolute Gasteiger partial charge is 0.257 e. The Kier molecular flexibility index (Phi) is 4.10. The van der Waals surface area contributed by atoms with Gasteiger partial charge in [0.15, 0.2) is 0 Å². The maximum atomic E-state index is 12.6. The number of nitrogens with zero attached hydrogens (tertiary/aromatic N) is 2. The van der Waals surface area contributed by atoms with Gasteiger partial charge in [0, 0.05) is 31.9 Å². The van der Waals surface area contributed by atoms with Crippen molar-refractivity contribution in [3.05, 3.63) is 53.6 Å². The maximum absolute atomic E-state index is 12.6. The summed E-state index contributed by atoms with van der Waals surface area (Å²) in [5.41, 5.74) is 2.11.